The van der Waals surface area contributed by atoms with E-state index in [2.05, 4.69) is 12.2 Å². The van der Waals surface area contributed by atoms with E-state index in [4.69, 9.17) is 10.5 Å². The number of primary amides is 1. The van der Waals surface area contributed by atoms with Crippen molar-refractivity contribution in [1.29, 1.82) is 0 Å². The van der Waals surface area contributed by atoms with Gasteiger partial charge in [0.2, 0.25) is 5.91 Å². The third-order valence-electron chi connectivity index (χ3n) is 4.57. The summed E-state index contributed by atoms with van der Waals surface area (Å²) in [7, 11) is 0. The first-order chi connectivity index (χ1) is 13.9. The highest BCUT2D eigenvalue weighted by atomic mass is 16.5. The summed E-state index contributed by atoms with van der Waals surface area (Å²) in [4.78, 5) is 36.2. The van der Waals surface area contributed by atoms with Gasteiger partial charge < -0.3 is 15.8 Å². The molecule has 0 atom stereocenters. The predicted molar refractivity (Wildman–Crippen MR) is 113 cm³/mol. The normalized spacial score (nSPS) is 10.4. The summed E-state index contributed by atoms with van der Waals surface area (Å²) in [6.45, 7) is 4.54. The molecule has 6 heteroatoms. The summed E-state index contributed by atoms with van der Waals surface area (Å²) in [5.41, 5.74) is 7.25. The monoisotopic (exact) mass is 396 g/mol. The molecule has 0 saturated carbocycles. The van der Waals surface area contributed by atoms with Gasteiger partial charge in [0.25, 0.3) is 5.91 Å². The van der Waals surface area contributed by atoms with E-state index in [-0.39, 0.29) is 30.1 Å². The number of ketones is 1. The molecule has 0 aliphatic heterocycles. The number of nitrogens with two attached hydrogens (primary N) is 1. The lowest BCUT2D eigenvalue weighted by Gasteiger charge is -2.11. The molecule has 0 heterocycles. The standard InChI is InChI=1S/C23H28N2O4/c1-3-4-5-15-29-18-11-9-17(10-12-18)20(26)13-14-21(27)25-19-8-6-7-16(2)22(19)23(24)28/h6-12H,3-5,13-15H2,1-2H3,(H2,24,28)(H,25,27). The van der Waals surface area contributed by atoms with Crippen LogP contribution in [-0.4, -0.2) is 24.2 Å². The van der Waals surface area contributed by atoms with Crippen LogP contribution in [0.4, 0.5) is 5.69 Å². The predicted octanol–water partition coefficient (Wildman–Crippen LogP) is 4.26. The maximum Gasteiger partial charge on any atom is 0.251 e. The number of nitrogens with one attached hydrogen (secondary N) is 1. The molecule has 0 saturated heterocycles. The number of hydrogen-bond acceptors (Lipinski definition) is 4. The Kier molecular flexibility index (Phi) is 8.40. The lowest BCUT2D eigenvalue weighted by Crippen LogP contribution is -2.19. The zero-order valence-electron chi connectivity index (χ0n) is 17.0. The van der Waals surface area contributed by atoms with E-state index in [0.717, 1.165) is 25.0 Å². The molecular weight excluding hydrogens is 368 g/mol. The Labute approximate surface area is 171 Å². The minimum absolute atomic E-state index is 0.0141. The van der Waals surface area contributed by atoms with Gasteiger partial charge in [0, 0.05) is 18.4 Å². The number of amides is 2. The Morgan fingerprint density at radius 2 is 1.72 bits per heavy atom. The molecule has 0 aromatic heterocycles. The zero-order chi connectivity index (χ0) is 21.2. The quantitative estimate of drug-likeness (QED) is 0.438. The van der Waals surface area contributed by atoms with Crippen molar-refractivity contribution in [2.24, 2.45) is 5.73 Å². The molecule has 0 fully saturated rings. The van der Waals surface area contributed by atoms with Crippen LogP contribution in [0.2, 0.25) is 0 Å². The van der Waals surface area contributed by atoms with Crippen molar-refractivity contribution < 1.29 is 19.1 Å². The van der Waals surface area contributed by atoms with Crippen LogP contribution in [0.5, 0.6) is 5.75 Å². The number of Topliss-reactive ketones (excluding diaryl/α,β-unsaturated/α-hetero) is 1. The second kappa shape index (κ2) is 11.0. The summed E-state index contributed by atoms with van der Waals surface area (Å²) >= 11 is 0. The average molecular weight is 396 g/mol. The first-order valence-electron chi connectivity index (χ1n) is 9.87. The van der Waals surface area contributed by atoms with Crippen LogP contribution in [0.3, 0.4) is 0 Å². The van der Waals surface area contributed by atoms with E-state index < -0.39 is 5.91 Å². The molecule has 0 aliphatic carbocycles. The molecule has 0 spiro atoms. The zero-order valence-corrected chi connectivity index (χ0v) is 17.0. The number of carbonyl (C=O) groups excluding carboxylic acids is 3. The highest BCUT2D eigenvalue weighted by Gasteiger charge is 2.15. The van der Waals surface area contributed by atoms with Crippen molar-refractivity contribution >= 4 is 23.3 Å². The van der Waals surface area contributed by atoms with Crippen LogP contribution in [0.1, 0.15) is 65.3 Å². The van der Waals surface area contributed by atoms with E-state index in [9.17, 15) is 14.4 Å². The summed E-state index contributed by atoms with van der Waals surface area (Å²) in [5, 5.41) is 2.67. The van der Waals surface area contributed by atoms with Gasteiger partial charge in [-0.2, -0.15) is 0 Å². The Bertz CT molecular complexity index is 860. The lowest BCUT2D eigenvalue weighted by molar-refractivity contribution is -0.116. The summed E-state index contributed by atoms with van der Waals surface area (Å²) in [6.07, 6.45) is 3.35. The van der Waals surface area contributed by atoms with Crippen LogP contribution in [0, 0.1) is 6.92 Å². The second-order valence-electron chi connectivity index (χ2n) is 6.91. The van der Waals surface area contributed by atoms with Gasteiger partial charge in [-0.25, -0.2) is 0 Å². The van der Waals surface area contributed by atoms with Gasteiger partial charge in [0.15, 0.2) is 5.78 Å². The van der Waals surface area contributed by atoms with E-state index in [1.54, 1.807) is 49.4 Å². The fourth-order valence-electron chi connectivity index (χ4n) is 2.96. The number of hydrogen-bond donors (Lipinski definition) is 2. The van der Waals surface area contributed by atoms with Gasteiger partial charge in [-0.3, -0.25) is 14.4 Å². The number of rotatable bonds is 11. The van der Waals surface area contributed by atoms with Crippen LogP contribution in [-0.2, 0) is 4.79 Å². The molecule has 2 aromatic rings. The third-order valence-corrected chi connectivity index (χ3v) is 4.57. The number of benzene rings is 2. The van der Waals surface area contributed by atoms with Crippen molar-refractivity contribution in [3.63, 3.8) is 0 Å². The lowest BCUT2D eigenvalue weighted by atomic mass is 10.0. The van der Waals surface area contributed by atoms with Crippen molar-refractivity contribution in [3.05, 3.63) is 59.2 Å². The molecule has 0 aliphatic rings. The smallest absolute Gasteiger partial charge is 0.251 e. The second-order valence-corrected chi connectivity index (χ2v) is 6.91. The Balaban J connectivity index is 1.87. The van der Waals surface area contributed by atoms with Crippen molar-refractivity contribution in [2.45, 2.75) is 46.0 Å². The van der Waals surface area contributed by atoms with Crippen LogP contribution >= 0.6 is 0 Å². The maximum atomic E-state index is 12.3. The fraction of sp³-hybridized carbons (Fsp3) is 0.348. The van der Waals surface area contributed by atoms with E-state index in [1.165, 1.54) is 0 Å². The van der Waals surface area contributed by atoms with Crippen molar-refractivity contribution in [1.82, 2.24) is 0 Å². The Morgan fingerprint density at radius 1 is 1.00 bits per heavy atom. The number of carbonyl (C=O) groups is 3. The van der Waals surface area contributed by atoms with Crippen LogP contribution in [0.25, 0.3) is 0 Å². The molecule has 0 bridgehead atoms. The van der Waals surface area contributed by atoms with E-state index in [0.29, 0.717) is 23.4 Å². The molecule has 3 N–H and O–H groups in total. The first kappa shape index (κ1) is 22.1. The van der Waals surface area contributed by atoms with Gasteiger partial charge in [0.1, 0.15) is 5.75 Å². The van der Waals surface area contributed by atoms with Gasteiger partial charge in [0.05, 0.1) is 17.9 Å². The summed E-state index contributed by atoms with van der Waals surface area (Å²) in [6, 6.07) is 12.1. The largest absolute Gasteiger partial charge is 0.494 e. The number of aryl methyl sites for hydroxylation is 1. The van der Waals surface area contributed by atoms with E-state index in [1.807, 2.05) is 0 Å². The molecule has 154 valence electrons. The minimum Gasteiger partial charge on any atom is -0.494 e. The first-order valence-corrected chi connectivity index (χ1v) is 9.87. The Hall–Kier alpha value is -3.15. The summed E-state index contributed by atoms with van der Waals surface area (Å²) in [5.74, 6) is -0.348. The molecule has 0 unspecified atom stereocenters. The summed E-state index contributed by atoms with van der Waals surface area (Å²) < 4.78 is 5.63. The van der Waals surface area contributed by atoms with Crippen LogP contribution in [0.15, 0.2) is 42.5 Å². The SMILES string of the molecule is CCCCCOc1ccc(C(=O)CCC(=O)Nc2cccc(C)c2C(N)=O)cc1. The van der Waals surface area contributed by atoms with Gasteiger partial charge in [-0.05, 0) is 49.2 Å². The third kappa shape index (κ3) is 6.75. The molecule has 6 nitrogen and oxygen atoms in total. The average Bonchev–Trinajstić information content (AvgIpc) is 2.69. The Morgan fingerprint density at radius 3 is 2.38 bits per heavy atom. The minimum atomic E-state index is -0.605. The van der Waals surface area contributed by atoms with Gasteiger partial charge in [-0.15, -0.1) is 0 Å². The molecule has 2 rings (SSSR count). The molecule has 29 heavy (non-hydrogen) atoms. The highest BCUT2D eigenvalue weighted by molar-refractivity contribution is 6.05. The molecular formula is C23H28N2O4. The molecule has 0 radical (unpaired) electrons. The number of anilines is 1. The van der Waals surface area contributed by atoms with Gasteiger partial charge >= 0.3 is 0 Å². The number of unbranched alkanes of at least 4 members (excludes halogenated alkanes) is 2. The van der Waals surface area contributed by atoms with Gasteiger partial charge in [-0.1, -0.05) is 31.9 Å². The van der Waals surface area contributed by atoms with Crippen molar-refractivity contribution in [2.75, 3.05) is 11.9 Å². The maximum absolute atomic E-state index is 12.3. The number of ether oxygens (including phenoxy) is 1. The molecule has 2 amide bonds. The van der Waals surface area contributed by atoms with Crippen LogP contribution < -0.4 is 15.8 Å². The topological polar surface area (TPSA) is 98.5 Å². The highest BCUT2D eigenvalue weighted by Crippen LogP contribution is 2.20. The molecule has 2 aromatic carbocycles. The van der Waals surface area contributed by atoms with E-state index >= 15 is 0 Å². The fourth-order valence-corrected chi connectivity index (χ4v) is 2.96. The van der Waals surface area contributed by atoms with Crippen molar-refractivity contribution in [3.8, 4) is 5.75 Å².